The molecule has 82 valence electrons. The van der Waals surface area contributed by atoms with Crippen molar-refractivity contribution < 1.29 is 9.90 Å². The van der Waals surface area contributed by atoms with Gasteiger partial charge in [0.2, 0.25) is 5.28 Å². The zero-order chi connectivity index (χ0) is 11.7. The maximum absolute atomic E-state index is 11.9. The highest BCUT2D eigenvalue weighted by atomic mass is 35.5. The van der Waals surface area contributed by atoms with Gasteiger partial charge in [-0.15, -0.1) is 0 Å². The first-order chi connectivity index (χ1) is 7.63. The Morgan fingerprint density at radius 1 is 1.50 bits per heavy atom. The predicted octanol–water partition coefficient (Wildman–Crippen LogP) is 0.954. The first-order valence-electron chi connectivity index (χ1n) is 4.46. The highest BCUT2D eigenvalue weighted by Gasteiger charge is 2.09. The van der Waals surface area contributed by atoms with E-state index >= 15 is 0 Å². The van der Waals surface area contributed by atoms with Crippen LogP contribution in [-0.2, 0) is 11.3 Å². The minimum atomic E-state index is -0.446. The number of benzene rings is 1. The Balaban J connectivity index is 2.85. The number of hydrogen-bond donors (Lipinski definition) is 1. The van der Waals surface area contributed by atoms with Gasteiger partial charge in [-0.05, 0) is 29.8 Å². The standard InChI is InChI=1S/C10H7ClN2O3/c11-10-12-8-2-1-6(15)5-7(8)9(16)13(10)3-4-14/h1-2,4-5,15H,3H2. The van der Waals surface area contributed by atoms with E-state index in [9.17, 15) is 14.7 Å². The molecule has 16 heavy (non-hydrogen) atoms. The van der Waals surface area contributed by atoms with Gasteiger partial charge in [-0.1, -0.05) is 0 Å². The van der Waals surface area contributed by atoms with Crippen molar-refractivity contribution in [2.45, 2.75) is 6.54 Å². The second-order valence-electron chi connectivity index (χ2n) is 3.16. The van der Waals surface area contributed by atoms with E-state index < -0.39 is 5.56 Å². The molecule has 0 saturated carbocycles. The summed E-state index contributed by atoms with van der Waals surface area (Å²) in [5.74, 6) is -0.0358. The van der Waals surface area contributed by atoms with Gasteiger partial charge >= 0.3 is 0 Å². The van der Waals surface area contributed by atoms with Crippen LogP contribution >= 0.6 is 11.6 Å². The predicted molar refractivity (Wildman–Crippen MR) is 58.7 cm³/mol. The third kappa shape index (κ3) is 1.65. The highest BCUT2D eigenvalue weighted by Crippen LogP contribution is 2.16. The minimum absolute atomic E-state index is 0.0358. The van der Waals surface area contributed by atoms with Crippen LogP contribution in [-0.4, -0.2) is 20.9 Å². The summed E-state index contributed by atoms with van der Waals surface area (Å²) in [5.41, 5.74) is -0.0621. The fraction of sp³-hybridized carbons (Fsp3) is 0.100. The summed E-state index contributed by atoms with van der Waals surface area (Å²) in [6.45, 7) is -0.156. The Hall–Kier alpha value is -1.88. The number of carbonyl (C=O) groups is 1. The average Bonchev–Trinajstić information content (AvgIpc) is 2.26. The van der Waals surface area contributed by atoms with Crippen LogP contribution in [0.25, 0.3) is 10.9 Å². The SMILES string of the molecule is O=CCn1c(Cl)nc2ccc(O)cc2c1=O. The molecular formula is C10H7ClN2O3. The molecule has 1 aromatic carbocycles. The topological polar surface area (TPSA) is 72.2 Å². The molecule has 0 fully saturated rings. The molecule has 1 N–H and O–H groups in total. The van der Waals surface area contributed by atoms with E-state index in [1.54, 1.807) is 0 Å². The molecule has 0 bridgehead atoms. The number of hydrogen-bond acceptors (Lipinski definition) is 4. The molecule has 5 nitrogen and oxygen atoms in total. The molecule has 6 heteroatoms. The maximum atomic E-state index is 11.9. The minimum Gasteiger partial charge on any atom is -0.508 e. The molecule has 0 saturated heterocycles. The largest absolute Gasteiger partial charge is 0.508 e. The molecule has 0 aliphatic carbocycles. The molecule has 0 atom stereocenters. The van der Waals surface area contributed by atoms with Crippen LogP contribution in [0.3, 0.4) is 0 Å². The summed E-state index contributed by atoms with van der Waals surface area (Å²) >= 11 is 5.76. The molecule has 0 spiro atoms. The van der Waals surface area contributed by atoms with Crippen molar-refractivity contribution in [1.82, 2.24) is 9.55 Å². The van der Waals surface area contributed by atoms with Gasteiger partial charge in [0, 0.05) is 0 Å². The third-order valence-electron chi connectivity index (χ3n) is 2.15. The van der Waals surface area contributed by atoms with Crippen LogP contribution in [0.15, 0.2) is 23.0 Å². The van der Waals surface area contributed by atoms with Gasteiger partial charge in [-0.2, -0.15) is 0 Å². The number of nitrogens with zero attached hydrogens (tertiary/aromatic N) is 2. The summed E-state index contributed by atoms with van der Waals surface area (Å²) in [6.07, 6.45) is 0.559. The summed E-state index contributed by atoms with van der Waals surface area (Å²) in [7, 11) is 0. The molecule has 2 aromatic rings. The number of fused-ring (bicyclic) bond motifs is 1. The Kier molecular flexibility index (Phi) is 2.62. The smallest absolute Gasteiger partial charge is 0.262 e. The van der Waals surface area contributed by atoms with Gasteiger partial charge < -0.3 is 9.90 Å². The van der Waals surface area contributed by atoms with Crippen molar-refractivity contribution in [3.8, 4) is 5.75 Å². The van der Waals surface area contributed by atoms with E-state index in [4.69, 9.17) is 11.6 Å². The number of halogens is 1. The monoisotopic (exact) mass is 238 g/mol. The van der Waals surface area contributed by atoms with E-state index in [1.165, 1.54) is 18.2 Å². The van der Waals surface area contributed by atoms with E-state index in [0.717, 1.165) is 4.57 Å². The lowest BCUT2D eigenvalue weighted by Gasteiger charge is -2.05. The Bertz CT molecular complexity index is 621. The lowest BCUT2D eigenvalue weighted by Crippen LogP contribution is -2.22. The first kappa shape index (κ1) is 10.6. The van der Waals surface area contributed by atoms with E-state index in [0.29, 0.717) is 11.8 Å². The van der Waals surface area contributed by atoms with Gasteiger partial charge in [-0.25, -0.2) is 4.98 Å². The van der Waals surface area contributed by atoms with Crippen LogP contribution in [0.5, 0.6) is 5.75 Å². The quantitative estimate of drug-likeness (QED) is 0.625. The number of phenolic OH excluding ortho intramolecular Hbond substituents is 1. The summed E-state index contributed by atoms with van der Waals surface area (Å²) < 4.78 is 1.04. The van der Waals surface area contributed by atoms with Gasteiger partial charge in [0.15, 0.2) is 0 Å². The molecule has 2 rings (SSSR count). The molecule has 0 radical (unpaired) electrons. The Labute approximate surface area is 94.9 Å². The summed E-state index contributed by atoms with van der Waals surface area (Å²) in [4.78, 5) is 26.2. The normalized spacial score (nSPS) is 10.6. The Morgan fingerprint density at radius 3 is 2.94 bits per heavy atom. The fourth-order valence-electron chi connectivity index (χ4n) is 1.41. The van der Waals surface area contributed by atoms with E-state index in [1.807, 2.05) is 0 Å². The summed E-state index contributed by atoms with van der Waals surface area (Å²) in [6, 6.07) is 4.20. The van der Waals surface area contributed by atoms with Gasteiger partial charge in [0.25, 0.3) is 5.56 Å². The molecule has 1 heterocycles. The third-order valence-corrected chi connectivity index (χ3v) is 2.44. The molecule has 0 amide bonds. The van der Waals surface area contributed by atoms with Crippen LogP contribution in [0.1, 0.15) is 0 Å². The average molecular weight is 239 g/mol. The molecule has 0 unspecified atom stereocenters. The van der Waals surface area contributed by atoms with Crippen LogP contribution in [0, 0.1) is 0 Å². The summed E-state index contributed by atoms with van der Waals surface area (Å²) in [5, 5.41) is 9.45. The molecule has 0 aliphatic rings. The van der Waals surface area contributed by atoms with Gasteiger partial charge in [0.1, 0.15) is 12.0 Å². The second kappa shape index (κ2) is 3.94. The number of rotatable bonds is 2. The van der Waals surface area contributed by atoms with Crippen molar-refractivity contribution in [2.75, 3.05) is 0 Å². The van der Waals surface area contributed by atoms with Crippen molar-refractivity contribution >= 4 is 28.8 Å². The molecule has 1 aromatic heterocycles. The number of aromatic nitrogens is 2. The van der Waals surface area contributed by atoms with Crippen molar-refractivity contribution in [3.05, 3.63) is 33.8 Å². The number of phenols is 1. The van der Waals surface area contributed by atoms with Gasteiger partial charge in [0.05, 0.1) is 17.4 Å². The van der Waals surface area contributed by atoms with Crippen molar-refractivity contribution in [1.29, 1.82) is 0 Å². The lowest BCUT2D eigenvalue weighted by atomic mass is 10.2. The maximum Gasteiger partial charge on any atom is 0.262 e. The van der Waals surface area contributed by atoms with E-state index in [2.05, 4.69) is 4.98 Å². The van der Waals surface area contributed by atoms with Gasteiger partial charge in [-0.3, -0.25) is 9.36 Å². The Morgan fingerprint density at radius 2 is 2.25 bits per heavy atom. The lowest BCUT2D eigenvalue weighted by molar-refractivity contribution is -0.108. The van der Waals surface area contributed by atoms with Crippen molar-refractivity contribution in [2.24, 2.45) is 0 Å². The number of carbonyl (C=O) groups excluding carboxylic acids is 1. The van der Waals surface area contributed by atoms with E-state index in [-0.39, 0.29) is 23.0 Å². The second-order valence-corrected chi connectivity index (χ2v) is 3.50. The van der Waals surface area contributed by atoms with Crippen molar-refractivity contribution in [3.63, 3.8) is 0 Å². The molecule has 0 aliphatic heterocycles. The van der Waals surface area contributed by atoms with Crippen LogP contribution < -0.4 is 5.56 Å². The highest BCUT2D eigenvalue weighted by molar-refractivity contribution is 6.28. The number of aromatic hydroxyl groups is 1. The number of aldehydes is 1. The zero-order valence-electron chi connectivity index (χ0n) is 8.05. The fourth-order valence-corrected chi connectivity index (χ4v) is 1.65. The first-order valence-corrected chi connectivity index (χ1v) is 4.84. The van der Waals surface area contributed by atoms with Crippen LogP contribution in [0.4, 0.5) is 0 Å². The molecular weight excluding hydrogens is 232 g/mol. The van der Waals surface area contributed by atoms with Crippen LogP contribution in [0.2, 0.25) is 5.28 Å². The zero-order valence-corrected chi connectivity index (χ0v) is 8.81.